The Bertz CT molecular complexity index is 579. The fourth-order valence-corrected chi connectivity index (χ4v) is 2.93. The maximum absolute atomic E-state index is 4.63. The summed E-state index contributed by atoms with van der Waals surface area (Å²) >= 11 is 4.63. The normalized spacial score (nSPS) is 11.2. The van der Waals surface area contributed by atoms with Crippen LogP contribution in [-0.4, -0.2) is 0 Å². The fourth-order valence-electron chi connectivity index (χ4n) is 2.63. The van der Waals surface area contributed by atoms with E-state index in [1.54, 1.807) is 0 Å². The molecule has 0 heterocycles. The highest BCUT2D eigenvalue weighted by Crippen LogP contribution is 2.40. The fraction of sp³-hybridized carbons (Fsp3) is 0.375. The summed E-state index contributed by atoms with van der Waals surface area (Å²) in [7, 11) is 0. The Hall–Kier alpha value is -0.950. The smallest absolute Gasteiger partial charge is 0.00782 e. The molecular weight excluding hydrogens is 224 g/mol. The SMILES string of the molecule is Cc1c(S)cc2c(C)c(C)c(C)c-2c(C)c1C. The van der Waals surface area contributed by atoms with Gasteiger partial charge in [0.1, 0.15) is 0 Å². The third kappa shape index (κ3) is 1.68. The van der Waals surface area contributed by atoms with E-state index >= 15 is 0 Å². The van der Waals surface area contributed by atoms with Gasteiger partial charge in [-0.1, -0.05) is 0 Å². The van der Waals surface area contributed by atoms with Gasteiger partial charge in [-0.05, 0) is 92.1 Å². The molecule has 17 heavy (non-hydrogen) atoms. The van der Waals surface area contributed by atoms with Gasteiger partial charge in [0.15, 0.2) is 0 Å². The standard InChI is InChI=1S/C16H20S/c1-8-10(3)14-7-15(17)11(4)9(2)13(6)16(14)12(8)5/h7,17H,1-6H3. The Balaban J connectivity index is 3.04. The van der Waals surface area contributed by atoms with Crippen LogP contribution in [0.5, 0.6) is 0 Å². The van der Waals surface area contributed by atoms with Crippen molar-refractivity contribution in [3.8, 4) is 11.1 Å². The van der Waals surface area contributed by atoms with Crippen LogP contribution in [0.25, 0.3) is 11.1 Å². The number of hydrogen-bond acceptors (Lipinski definition) is 1. The molecular formula is C16H20S. The third-order valence-corrected chi connectivity index (χ3v) is 4.80. The quantitative estimate of drug-likeness (QED) is 0.624. The van der Waals surface area contributed by atoms with Crippen molar-refractivity contribution in [1.29, 1.82) is 0 Å². The van der Waals surface area contributed by atoms with Crippen molar-refractivity contribution in [2.75, 3.05) is 0 Å². The van der Waals surface area contributed by atoms with Crippen LogP contribution in [0.3, 0.4) is 0 Å². The van der Waals surface area contributed by atoms with Crippen molar-refractivity contribution >= 4 is 12.6 Å². The zero-order chi connectivity index (χ0) is 12.9. The molecule has 0 aromatic carbocycles. The van der Waals surface area contributed by atoms with Gasteiger partial charge in [0.2, 0.25) is 0 Å². The number of fused-ring (bicyclic) bond motifs is 1. The van der Waals surface area contributed by atoms with Gasteiger partial charge in [-0.2, -0.15) is 0 Å². The first-order valence-electron chi connectivity index (χ1n) is 6.05. The minimum atomic E-state index is 1.09. The molecule has 0 aliphatic heterocycles. The van der Waals surface area contributed by atoms with E-state index in [1.807, 2.05) is 0 Å². The van der Waals surface area contributed by atoms with Crippen molar-refractivity contribution in [2.45, 2.75) is 46.4 Å². The molecule has 0 bridgehead atoms. The van der Waals surface area contributed by atoms with Crippen LogP contribution in [0.15, 0.2) is 11.0 Å². The summed E-state index contributed by atoms with van der Waals surface area (Å²) in [6.07, 6.45) is 0. The molecule has 0 radical (unpaired) electrons. The first-order valence-corrected chi connectivity index (χ1v) is 6.50. The molecule has 0 fully saturated rings. The molecule has 90 valence electrons. The summed E-state index contributed by atoms with van der Waals surface area (Å²) in [6.45, 7) is 13.2. The highest BCUT2D eigenvalue weighted by atomic mass is 32.1. The number of rotatable bonds is 0. The van der Waals surface area contributed by atoms with Crippen LogP contribution in [0.2, 0.25) is 0 Å². The minimum absolute atomic E-state index is 1.09. The van der Waals surface area contributed by atoms with Gasteiger partial charge < -0.3 is 0 Å². The highest BCUT2D eigenvalue weighted by molar-refractivity contribution is 7.80. The molecule has 0 atom stereocenters. The summed E-state index contributed by atoms with van der Waals surface area (Å²) in [5, 5.41) is 0. The second-order valence-corrected chi connectivity index (χ2v) is 5.55. The lowest BCUT2D eigenvalue weighted by Gasteiger charge is -2.04. The molecule has 2 rings (SSSR count). The number of thiol groups is 1. The van der Waals surface area contributed by atoms with Crippen molar-refractivity contribution < 1.29 is 0 Å². The van der Waals surface area contributed by atoms with Crippen LogP contribution in [0.1, 0.15) is 33.4 Å². The Kier molecular flexibility index (Phi) is 2.99. The number of hydrogen-bond donors (Lipinski definition) is 1. The van der Waals surface area contributed by atoms with Crippen LogP contribution in [-0.2, 0) is 0 Å². The van der Waals surface area contributed by atoms with Crippen molar-refractivity contribution in [3.05, 3.63) is 39.4 Å². The molecule has 0 amide bonds. The molecule has 2 aliphatic rings. The first-order chi connectivity index (χ1) is 7.86. The van der Waals surface area contributed by atoms with Gasteiger partial charge in [-0.3, -0.25) is 0 Å². The van der Waals surface area contributed by atoms with Gasteiger partial charge >= 0.3 is 0 Å². The molecule has 2 aliphatic carbocycles. The largest absolute Gasteiger partial charge is 0.143 e. The van der Waals surface area contributed by atoms with E-state index in [0.717, 1.165) is 4.90 Å². The van der Waals surface area contributed by atoms with Gasteiger partial charge in [0, 0.05) is 4.90 Å². The van der Waals surface area contributed by atoms with E-state index < -0.39 is 0 Å². The van der Waals surface area contributed by atoms with E-state index in [9.17, 15) is 0 Å². The lowest BCUT2D eigenvalue weighted by Crippen LogP contribution is -1.85. The van der Waals surface area contributed by atoms with Gasteiger partial charge in [-0.15, -0.1) is 12.6 Å². The zero-order valence-electron chi connectivity index (χ0n) is 11.5. The summed E-state index contributed by atoms with van der Waals surface area (Å²) in [6, 6.07) is 2.23. The van der Waals surface area contributed by atoms with E-state index in [0.29, 0.717) is 0 Å². The molecule has 0 aromatic heterocycles. The predicted molar refractivity (Wildman–Crippen MR) is 78.7 cm³/mol. The Labute approximate surface area is 110 Å². The van der Waals surface area contributed by atoms with Crippen molar-refractivity contribution in [1.82, 2.24) is 0 Å². The van der Waals surface area contributed by atoms with Crippen LogP contribution in [0, 0.1) is 41.5 Å². The van der Waals surface area contributed by atoms with E-state index in [1.165, 1.54) is 44.5 Å². The molecule has 0 saturated heterocycles. The Morgan fingerprint density at radius 2 is 1.12 bits per heavy atom. The van der Waals surface area contributed by atoms with Crippen molar-refractivity contribution in [2.24, 2.45) is 0 Å². The zero-order valence-corrected chi connectivity index (χ0v) is 12.4. The van der Waals surface area contributed by atoms with Crippen LogP contribution >= 0.6 is 12.6 Å². The minimum Gasteiger partial charge on any atom is -0.143 e. The van der Waals surface area contributed by atoms with E-state index in [2.05, 4.69) is 60.2 Å². The van der Waals surface area contributed by atoms with Crippen LogP contribution in [0.4, 0.5) is 0 Å². The second kappa shape index (κ2) is 4.06. The maximum atomic E-state index is 4.63. The molecule has 0 unspecified atom stereocenters. The van der Waals surface area contributed by atoms with E-state index in [4.69, 9.17) is 0 Å². The first kappa shape index (κ1) is 12.5. The average molecular weight is 244 g/mol. The summed E-state index contributed by atoms with van der Waals surface area (Å²) in [5.41, 5.74) is 11.1. The predicted octanol–water partition coefficient (Wildman–Crippen LogP) is 4.93. The van der Waals surface area contributed by atoms with Crippen molar-refractivity contribution in [3.63, 3.8) is 0 Å². The van der Waals surface area contributed by atoms with Crippen LogP contribution < -0.4 is 0 Å². The van der Waals surface area contributed by atoms with Gasteiger partial charge in [0.25, 0.3) is 0 Å². The molecule has 0 nitrogen and oxygen atoms in total. The summed E-state index contributed by atoms with van der Waals surface area (Å²) in [4.78, 5) is 1.09. The second-order valence-electron chi connectivity index (χ2n) is 5.07. The monoisotopic (exact) mass is 244 g/mol. The average Bonchev–Trinajstić information content (AvgIpc) is 2.46. The molecule has 0 N–H and O–H groups in total. The van der Waals surface area contributed by atoms with E-state index in [-0.39, 0.29) is 0 Å². The summed E-state index contributed by atoms with van der Waals surface area (Å²) in [5.74, 6) is 0. The molecule has 0 aromatic rings. The topological polar surface area (TPSA) is 0 Å². The summed E-state index contributed by atoms with van der Waals surface area (Å²) < 4.78 is 0. The lowest BCUT2D eigenvalue weighted by atomic mass is 10.0. The lowest BCUT2D eigenvalue weighted by molar-refractivity contribution is 1.23. The molecule has 1 heteroatoms. The van der Waals surface area contributed by atoms with Gasteiger partial charge in [0.05, 0.1) is 0 Å². The maximum Gasteiger partial charge on any atom is 0.00782 e. The third-order valence-electron chi connectivity index (χ3n) is 4.34. The Morgan fingerprint density at radius 1 is 0.647 bits per heavy atom. The molecule has 0 saturated carbocycles. The highest BCUT2D eigenvalue weighted by Gasteiger charge is 2.18. The molecule has 0 spiro atoms. The Morgan fingerprint density at radius 3 is 1.65 bits per heavy atom. The van der Waals surface area contributed by atoms with Gasteiger partial charge in [-0.25, -0.2) is 0 Å².